The Morgan fingerprint density at radius 3 is 2.42 bits per heavy atom. The third kappa shape index (κ3) is 2.72. The molecule has 0 radical (unpaired) electrons. The molecule has 0 bridgehead atoms. The highest BCUT2D eigenvalue weighted by Crippen LogP contribution is 2.52. The third-order valence-corrected chi connectivity index (χ3v) is 3.10. The van der Waals surface area contributed by atoms with E-state index in [4.69, 9.17) is 10.5 Å². The zero-order valence-corrected chi connectivity index (χ0v) is 10.8. The maximum absolute atomic E-state index is 12.9. The van der Waals surface area contributed by atoms with Crippen LogP contribution in [0.2, 0.25) is 0 Å². The van der Waals surface area contributed by atoms with Gasteiger partial charge in [-0.05, 0) is 38.8 Å². The smallest absolute Gasteiger partial charge is 0.411 e. The van der Waals surface area contributed by atoms with Gasteiger partial charge in [-0.25, -0.2) is 0 Å². The SMILES string of the molecule is CC(C)Oc1cccc(NC2(C(F)(F)F)CC2)c1N. The van der Waals surface area contributed by atoms with Crippen molar-refractivity contribution in [2.24, 2.45) is 0 Å². The summed E-state index contributed by atoms with van der Waals surface area (Å²) in [6, 6.07) is 4.81. The number of rotatable bonds is 4. The minimum absolute atomic E-state index is 0.0746. The van der Waals surface area contributed by atoms with Crippen molar-refractivity contribution in [2.45, 2.75) is 44.5 Å². The van der Waals surface area contributed by atoms with Crippen LogP contribution in [0.4, 0.5) is 24.5 Å². The molecule has 1 fully saturated rings. The molecule has 2 rings (SSSR count). The number of nitrogens with two attached hydrogens (primary N) is 1. The maximum Gasteiger partial charge on any atom is 0.411 e. The van der Waals surface area contributed by atoms with E-state index in [0.29, 0.717) is 5.75 Å². The molecule has 0 unspecified atom stereocenters. The van der Waals surface area contributed by atoms with E-state index >= 15 is 0 Å². The summed E-state index contributed by atoms with van der Waals surface area (Å²) in [4.78, 5) is 0. The largest absolute Gasteiger partial charge is 0.489 e. The monoisotopic (exact) mass is 274 g/mol. The summed E-state index contributed by atoms with van der Waals surface area (Å²) in [6.45, 7) is 3.66. The Morgan fingerprint density at radius 1 is 1.32 bits per heavy atom. The van der Waals surface area contributed by atoms with Gasteiger partial charge in [0.05, 0.1) is 17.5 Å². The molecule has 1 saturated carbocycles. The fourth-order valence-electron chi connectivity index (χ4n) is 1.87. The topological polar surface area (TPSA) is 47.3 Å². The molecule has 0 spiro atoms. The van der Waals surface area contributed by atoms with Gasteiger partial charge in [-0.2, -0.15) is 13.2 Å². The number of hydrogen-bond acceptors (Lipinski definition) is 3. The second-order valence-electron chi connectivity index (χ2n) is 5.09. The number of alkyl halides is 3. The number of nitrogens with one attached hydrogen (secondary N) is 1. The molecule has 0 aromatic heterocycles. The van der Waals surface area contributed by atoms with Crippen molar-refractivity contribution < 1.29 is 17.9 Å². The Balaban J connectivity index is 2.22. The van der Waals surface area contributed by atoms with E-state index in [0.717, 1.165) is 0 Å². The van der Waals surface area contributed by atoms with E-state index in [-0.39, 0.29) is 30.3 Å². The first kappa shape index (κ1) is 13.8. The maximum atomic E-state index is 12.9. The first-order chi connectivity index (χ1) is 8.75. The second kappa shape index (κ2) is 4.51. The van der Waals surface area contributed by atoms with Crippen LogP contribution in [0.25, 0.3) is 0 Å². The van der Waals surface area contributed by atoms with E-state index in [9.17, 15) is 13.2 Å². The highest BCUT2D eigenvalue weighted by atomic mass is 19.4. The molecular weight excluding hydrogens is 257 g/mol. The van der Waals surface area contributed by atoms with Crippen LogP contribution >= 0.6 is 0 Å². The third-order valence-electron chi connectivity index (χ3n) is 3.10. The molecule has 3 N–H and O–H groups in total. The van der Waals surface area contributed by atoms with Crippen molar-refractivity contribution in [3.63, 3.8) is 0 Å². The lowest BCUT2D eigenvalue weighted by molar-refractivity contribution is -0.151. The molecule has 0 aliphatic heterocycles. The van der Waals surface area contributed by atoms with Crippen molar-refractivity contribution in [1.29, 1.82) is 0 Å². The van der Waals surface area contributed by atoms with Gasteiger partial charge in [0, 0.05) is 0 Å². The summed E-state index contributed by atoms with van der Waals surface area (Å²) in [6.07, 6.45) is -4.21. The van der Waals surface area contributed by atoms with Crippen LogP contribution in [-0.2, 0) is 0 Å². The lowest BCUT2D eigenvalue weighted by atomic mass is 10.2. The summed E-state index contributed by atoms with van der Waals surface area (Å²) in [5, 5.41) is 2.52. The van der Waals surface area contributed by atoms with Crippen molar-refractivity contribution in [2.75, 3.05) is 11.1 Å². The number of nitrogen functional groups attached to an aromatic ring is 1. The zero-order valence-electron chi connectivity index (χ0n) is 10.8. The molecule has 6 heteroatoms. The quantitative estimate of drug-likeness (QED) is 0.825. The van der Waals surface area contributed by atoms with E-state index in [2.05, 4.69) is 5.32 Å². The number of benzene rings is 1. The van der Waals surface area contributed by atoms with Crippen LogP contribution in [0.3, 0.4) is 0 Å². The predicted octanol–water partition coefficient (Wildman–Crippen LogP) is 3.56. The molecule has 0 amide bonds. The Morgan fingerprint density at radius 2 is 1.95 bits per heavy atom. The van der Waals surface area contributed by atoms with Crippen LogP contribution in [0, 0.1) is 0 Å². The lowest BCUT2D eigenvalue weighted by Gasteiger charge is -2.23. The first-order valence-corrected chi connectivity index (χ1v) is 6.15. The van der Waals surface area contributed by atoms with Gasteiger partial charge in [-0.3, -0.25) is 0 Å². The van der Waals surface area contributed by atoms with Crippen LogP contribution in [-0.4, -0.2) is 17.8 Å². The number of ether oxygens (including phenoxy) is 1. The van der Waals surface area contributed by atoms with Gasteiger partial charge < -0.3 is 15.8 Å². The van der Waals surface area contributed by atoms with Gasteiger partial charge in [0.1, 0.15) is 11.3 Å². The predicted molar refractivity (Wildman–Crippen MR) is 68.3 cm³/mol. The van der Waals surface area contributed by atoms with Gasteiger partial charge in [0.25, 0.3) is 0 Å². The fourth-order valence-corrected chi connectivity index (χ4v) is 1.87. The Labute approximate surface area is 109 Å². The molecule has 1 aliphatic rings. The molecule has 1 aliphatic carbocycles. The highest BCUT2D eigenvalue weighted by Gasteiger charge is 2.63. The standard InChI is InChI=1S/C13H17F3N2O/c1-8(2)19-10-5-3-4-9(11(10)17)18-12(6-7-12)13(14,15)16/h3-5,8,18H,6-7,17H2,1-2H3. The van der Waals surface area contributed by atoms with Gasteiger partial charge in [-0.15, -0.1) is 0 Å². The number of anilines is 2. The number of para-hydroxylation sites is 1. The van der Waals surface area contributed by atoms with Gasteiger partial charge in [0.2, 0.25) is 0 Å². The Hall–Kier alpha value is -1.59. The van der Waals surface area contributed by atoms with Gasteiger partial charge in [-0.1, -0.05) is 6.07 Å². The van der Waals surface area contributed by atoms with Gasteiger partial charge >= 0.3 is 6.18 Å². The van der Waals surface area contributed by atoms with Crippen LogP contribution < -0.4 is 15.8 Å². The molecule has 1 aromatic rings. The summed E-state index contributed by atoms with van der Waals surface area (Å²) >= 11 is 0. The molecule has 3 nitrogen and oxygen atoms in total. The molecule has 1 aromatic carbocycles. The molecule has 19 heavy (non-hydrogen) atoms. The number of halogens is 3. The minimum Gasteiger partial charge on any atom is -0.489 e. The van der Waals surface area contributed by atoms with Crippen molar-refractivity contribution in [3.05, 3.63) is 18.2 Å². The van der Waals surface area contributed by atoms with Crippen LogP contribution in [0.15, 0.2) is 18.2 Å². The second-order valence-corrected chi connectivity index (χ2v) is 5.09. The molecule has 0 heterocycles. The summed E-state index contributed by atoms with van der Waals surface area (Å²) in [7, 11) is 0. The van der Waals surface area contributed by atoms with Crippen molar-refractivity contribution in [1.82, 2.24) is 0 Å². The van der Waals surface area contributed by atoms with E-state index in [1.165, 1.54) is 6.07 Å². The minimum atomic E-state index is -4.27. The van der Waals surface area contributed by atoms with E-state index in [1.807, 2.05) is 13.8 Å². The van der Waals surface area contributed by atoms with Crippen molar-refractivity contribution >= 4 is 11.4 Å². The average Bonchev–Trinajstić information content (AvgIpc) is 3.03. The summed E-state index contributed by atoms with van der Waals surface area (Å²) < 4.78 is 44.1. The lowest BCUT2D eigenvalue weighted by Crippen LogP contribution is -2.38. The highest BCUT2D eigenvalue weighted by molar-refractivity contribution is 5.74. The van der Waals surface area contributed by atoms with E-state index < -0.39 is 11.7 Å². The zero-order chi connectivity index (χ0) is 14.3. The van der Waals surface area contributed by atoms with E-state index in [1.54, 1.807) is 12.1 Å². The van der Waals surface area contributed by atoms with Crippen LogP contribution in [0.5, 0.6) is 5.75 Å². The fraction of sp³-hybridized carbons (Fsp3) is 0.538. The normalized spacial score (nSPS) is 17.4. The average molecular weight is 274 g/mol. The van der Waals surface area contributed by atoms with Gasteiger partial charge in [0.15, 0.2) is 0 Å². The number of hydrogen-bond donors (Lipinski definition) is 2. The molecular formula is C13H17F3N2O. The molecule has 106 valence electrons. The first-order valence-electron chi connectivity index (χ1n) is 6.15. The summed E-state index contributed by atoms with van der Waals surface area (Å²) in [5.41, 5.74) is 4.52. The summed E-state index contributed by atoms with van der Waals surface area (Å²) in [5.74, 6) is 0.401. The molecule has 0 saturated heterocycles. The Bertz CT molecular complexity index is 467. The molecule has 0 atom stereocenters. The van der Waals surface area contributed by atoms with Crippen molar-refractivity contribution in [3.8, 4) is 5.75 Å². The Kier molecular flexibility index (Phi) is 3.28. The van der Waals surface area contributed by atoms with Crippen LogP contribution in [0.1, 0.15) is 26.7 Å².